The lowest BCUT2D eigenvalue weighted by Crippen LogP contribution is -2.16. The van der Waals surface area contributed by atoms with Crippen molar-refractivity contribution in [1.82, 2.24) is 5.32 Å². The molecule has 0 fully saturated rings. The molecule has 9 heavy (non-hydrogen) atoms. The summed E-state index contributed by atoms with van der Waals surface area (Å²) in [5.41, 5.74) is -0.0828. The predicted octanol–water partition coefficient (Wildman–Crippen LogP) is -0.168. The van der Waals surface area contributed by atoms with E-state index < -0.39 is 5.97 Å². The minimum Gasteiger partial charge on any atom is -0.477 e. The normalized spacial score (nSPS) is 9.44. The third-order valence-electron chi connectivity index (χ3n) is 0.626. The van der Waals surface area contributed by atoms with Gasteiger partial charge in [0.1, 0.15) is 5.70 Å². The van der Waals surface area contributed by atoms with Crippen molar-refractivity contribution in [3.8, 4) is 0 Å². The quantitative estimate of drug-likeness (QED) is 0.315. The Balaban J connectivity index is 3.65. The molecule has 0 aliphatic heterocycles. The zero-order valence-corrected chi connectivity index (χ0v) is 5.09. The first kappa shape index (κ1) is 7.68. The first-order valence-corrected chi connectivity index (χ1v) is 2.28. The van der Waals surface area contributed by atoms with Gasteiger partial charge in [-0.3, -0.25) is 4.99 Å². The molecule has 0 unspecified atom stereocenters. The van der Waals surface area contributed by atoms with E-state index in [1.54, 1.807) is 0 Å². The predicted molar refractivity (Wildman–Crippen MR) is 34.3 cm³/mol. The number of carboxylic acid groups (broad SMARTS) is 1. The lowest BCUT2D eigenvalue weighted by atomic mass is 10.5. The molecule has 0 aromatic carbocycles. The summed E-state index contributed by atoms with van der Waals surface area (Å²) >= 11 is 0. The zero-order chi connectivity index (χ0) is 7.28. The number of aliphatic carboxylic acids is 1. The van der Waals surface area contributed by atoms with Crippen LogP contribution in [0.2, 0.25) is 0 Å². The van der Waals surface area contributed by atoms with Crippen LogP contribution in [0.3, 0.4) is 0 Å². The Labute approximate surface area is 52.9 Å². The van der Waals surface area contributed by atoms with Gasteiger partial charge in [-0.25, -0.2) is 4.79 Å². The van der Waals surface area contributed by atoms with Crippen LogP contribution in [0.15, 0.2) is 17.3 Å². The fourth-order valence-corrected chi connectivity index (χ4v) is 0.204. The van der Waals surface area contributed by atoms with Gasteiger partial charge in [-0.15, -0.1) is 0 Å². The second-order valence-corrected chi connectivity index (χ2v) is 1.32. The monoisotopic (exact) mass is 128 g/mol. The Morgan fingerprint density at radius 2 is 2.44 bits per heavy atom. The number of rotatable bonds is 3. The fourth-order valence-electron chi connectivity index (χ4n) is 0.204. The number of nitrogens with one attached hydrogen (secondary N) is 1. The number of nitrogens with zero attached hydrogens (tertiary/aromatic N) is 1. The largest absolute Gasteiger partial charge is 0.477 e. The molecule has 4 heteroatoms. The smallest absolute Gasteiger partial charge is 0.351 e. The van der Waals surface area contributed by atoms with Gasteiger partial charge in [0.15, 0.2) is 0 Å². The Bertz CT molecular complexity index is 151. The molecule has 0 radical (unpaired) electrons. The van der Waals surface area contributed by atoms with Crippen molar-refractivity contribution in [2.75, 3.05) is 7.05 Å². The summed E-state index contributed by atoms with van der Waals surface area (Å²) in [5.74, 6) is -1.07. The van der Waals surface area contributed by atoms with Crippen molar-refractivity contribution >= 4 is 12.3 Å². The zero-order valence-electron chi connectivity index (χ0n) is 5.09. The Kier molecular flexibility index (Phi) is 3.12. The van der Waals surface area contributed by atoms with Crippen LogP contribution in [0.25, 0.3) is 0 Å². The highest BCUT2D eigenvalue weighted by atomic mass is 16.4. The standard InChI is InChI=1S/C5H8N2O2/c1-4(5(8)9)7-3-6-2/h3H,1H2,2H3,(H,6,7)(H,8,9). The van der Waals surface area contributed by atoms with Crippen LogP contribution < -0.4 is 5.32 Å². The molecule has 50 valence electrons. The molecule has 0 atom stereocenters. The molecule has 0 aromatic heterocycles. The number of aliphatic imine (C=N–C) groups is 1. The molecule has 0 bridgehead atoms. The summed E-state index contributed by atoms with van der Waals surface area (Å²) in [7, 11) is 1.53. The molecular weight excluding hydrogens is 120 g/mol. The summed E-state index contributed by atoms with van der Waals surface area (Å²) in [5, 5.41) is 10.5. The van der Waals surface area contributed by atoms with E-state index in [-0.39, 0.29) is 5.70 Å². The van der Waals surface area contributed by atoms with Crippen LogP contribution in [0.4, 0.5) is 0 Å². The van der Waals surface area contributed by atoms with Crippen LogP contribution in [-0.4, -0.2) is 24.5 Å². The molecule has 0 aliphatic carbocycles. The number of hydrogen-bond donors (Lipinski definition) is 2. The van der Waals surface area contributed by atoms with Crippen LogP contribution in [-0.2, 0) is 4.79 Å². The molecule has 0 aromatic rings. The molecule has 0 amide bonds. The number of carboxylic acids is 1. The third-order valence-corrected chi connectivity index (χ3v) is 0.626. The minimum atomic E-state index is -1.07. The van der Waals surface area contributed by atoms with Gasteiger partial charge in [-0.1, -0.05) is 6.58 Å². The van der Waals surface area contributed by atoms with Gasteiger partial charge < -0.3 is 10.4 Å². The summed E-state index contributed by atoms with van der Waals surface area (Å²) in [6.07, 6.45) is 1.26. The molecule has 0 saturated heterocycles. The molecule has 0 spiro atoms. The van der Waals surface area contributed by atoms with E-state index in [1.807, 2.05) is 0 Å². The lowest BCUT2D eigenvalue weighted by Gasteiger charge is -1.94. The van der Waals surface area contributed by atoms with E-state index in [0.717, 1.165) is 0 Å². The molecule has 2 N–H and O–H groups in total. The third kappa shape index (κ3) is 3.28. The van der Waals surface area contributed by atoms with Crippen molar-refractivity contribution in [3.63, 3.8) is 0 Å². The van der Waals surface area contributed by atoms with Crippen LogP contribution in [0, 0.1) is 0 Å². The van der Waals surface area contributed by atoms with Gasteiger partial charge in [-0.05, 0) is 0 Å². The van der Waals surface area contributed by atoms with Gasteiger partial charge >= 0.3 is 5.97 Å². The van der Waals surface area contributed by atoms with Crippen molar-refractivity contribution in [2.45, 2.75) is 0 Å². The summed E-state index contributed by atoms with van der Waals surface area (Å²) < 4.78 is 0. The average Bonchev–Trinajstić information content (AvgIpc) is 1.82. The second-order valence-electron chi connectivity index (χ2n) is 1.32. The summed E-state index contributed by atoms with van der Waals surface area (Å²) in [6.45, 7) is 3.19. The van der Waals surface area contributed by atoms with Crippen LogP contribution in [0.5, 0.6) is 0 Å². The first-order valence-electron chi connectivity index (χ1n) is 2.28. The number of hydrogen-bond acceptors (Lipinski definition) is 2. The Morgan fingerprint density at radius 3 is 2.78 bits per heavy atom. The van der Waals surface area contributed by atoms with Crippen LogP contribution >= 0.6 is 0 Å². The Morgan fingerprint density at radius 1 is 1.89 bits per heavy atom. The topological polar surface area (TPSA) is 61.7 Å². The van der Waals surface area contributed by atoms with E-state index in [0.29, 0.717) is 0 Å². The Hall–Kier alpha value is -1.32. The highest BCUT2D eigenvalue weighted by molar-refractivity contribution is 5.88. The SMILES string of the molecule is C=C(NC=NC)C(=O)O. The second kappa shape index (κ2) is 3.65. The number of carbonyl (C=O) groups is 1. The van der Waals surface area contributed by atoms with E-state index in [2.05, 4.69) is 16.9 Å². The lowest BCUT2D eigenvalue weighted by molar-refractivity contribution is -0.132. The van der Waals surface area contributed by atoms with Gasteiger partial charge in [-0.2, -0.15) is 0 Å². The van der Waals surface area contributed by atoms with E-state index in [9.17, 15) is 4.79 Å². The molecule has 0 rings (SSSR count). The van der Waals surface area contributed by atoms with Crippen molar-refractivity contribution in [3.05, 3.63) is 12.3 Å². The van der Waals surface area contributed by atoms with Gasteiger partial charge in [0.25, 0.3) is 0 Å². The van der Waals surface area contributed by atoms with E-state index in [1.165, 1.54) is 13.4 Å². The molecule has 0 aliphatic rings. The van der Waals surface area contributed by atoms with Crippen molar-refractivity contribution in [2.24, 2.45) is 4.99 Å². The summed E-state index contributed by atoms with van der Waals surface area (Å²) in [4.78, 5) is 13.5. The van der Waals surface area contributed by atoms with Gasteiger partial charge in [0, 0.05) is 7.05 Å². The fraction of sp³-hybridized carbons (Fsp3) is 0.200. The highest BCUT2D eigenvalue weighted by Crippen LogP contribution is 1.78. The van der Waals surface area contributed by atoms with E-state index >= 15 is 0 Å². The first-order chi connectivity index (χ1) is 4.18. The molecule has 0 heterocycles. The maximum absolute atomic E-state index is 9.98. The van der Waals surface area contributed by atoms with Gasteiger partial charge in [0.2, 0.25) is 0 Å². The molecule has 4 nitrogen and oxygen atoms in total. The highest BCUT2D eigenvalue weighted by Gasteiger charge is 1.97. The van der Waals surface area contributed by atoms with Gasteiger partial charge in [0.05, 0.1) is 6.34 Å². The van der Waals surface area contributed by atoms with E-state index in [4.69, 9.17) is 5.11 Å². The van der Waals surface area contributed by atoms with Crippen LogP contribution in [0.1, 0.15) is 0 Å². The van der Waals surface area contributed by atoms with Crippen molar-refractivity contribution in [1.29, 1.82) is 0 Å². The summed E-state index contributed by atoms with van der Waals surface area (Å²) in [6, 6.07) is 0. The molecular formula is C5H8N2O2. The average molecular weight is 128 g/mol. The maximum Gasteiger partial charge on any atom is 0.351 e. The molecule has 0 saturated carbocycles. The van der Waals surface area contributed by atoms with Crippen molar-refractivity contribution < 1.29 is 9.90 Å². The minimum absolute atomic E-state index is 0.0828. The maximum atomic E-state index is 9.98.